The van der Waals surface area contributed by atoms with E-state index in [1.165, 1.54) is 6.21 Å². The van der Waals surface area contributed by atoms with Crippen molar-refractivity contribution in [2.75, 3.05) is 43.7 Å². The summed E-state index contributed by atoms with van der Waals surface area (Å²) in [5, 5.41) is 15.9. The van der Waals surface area contributed by atoms with Gasteiger partial charge >= 0.3 is 0 Å². The number of nitrogen functional groups attached to an aromatic ring is 1. The molecular formula is C25H30N6OS. The number of thiophene rings is 1. The molecule has 172 valence electrons. The first-order valence-corrected chi connectivity index (χ1v) is 11.4. The van der Waals surface area contributed by atoms with Crippen molar-refractivity contribution < 1.29 is 4.74 Å². The molecule has 3 aromatic rings. The Morgan fingerprint density at radius 3 is 2.82 bits per heavy atom. The zero-order chi connectivity index (χ0) is 23.8. The fourth-order valence-electron chi connectivity index (χ4n) is 3.48. The molecule has 3 rings (SSSR count). The van der Waals surface area contributed by atoms with E-state index < -0.39 is 0 Å². The van der Waals surface area contributed by atoms with Crippen LogP contribution in [0.25, 0.3) is 17.7 Å². The van der Waals surface area contributed by atoms with Crippen LogP contribution in [-0.4, -0.2) is 43.5 Å². The maximum Gasteiger partial charge on any atom is 0.134 e. The zero-order valence-corrected chi connectivity index (χ0v) is 20.1. The van der Waals surface area contributed by atoms with Crippen molar-refractivity contribution >= 4 is 51.8 Å². The zero-order valence-electron chi connectivity index (χ0n) is 19.2. The predicted octanol–water partition coefficient (Wildman–Crippen LogP) is 3.32. The third-order valence-electron chi connectivity index (χ3n) is 5.20. The van der Waals surface area contributed by atoms with Gasteiger partial charge in [0.15, 0.2) is 0 Å². The molecule has 0 aliphatic carbocycles. The molecule has 3 heterocycles. The Balaban J connectivity index is 2.15. The van der Waals surface area contributed by atoms with Gasteiger partial charge in [0.1, 0.15) is 10.8 Å². The molecule has 5 N–H and O–H groups in total. The molecule has 0 saturated carbocycles. The molecule has 0 saturated heterocycles. The highest BCUT2D eigenvalue weighted by Crippen LogP contribution is 2.25. The van der Waals surface area contributed by atoms with Crippen molar-refractivity contribution in [3.8, 4) is 0 Å². The van der Waals surface area contributed by atoms with Crippen molar-refractivity contribution in [1.82, 2.24) is 9.97 Å². The molecule has 0 spiro atoms. The summed E-state index contributed by atoms with van der Waals surface area (Å²) in [4.78, 5) is 8.76. The Bertz CT molecular complexity index is 1250. The van der Waals surface area contributed by atoms with E-state index in [1.54, 1.807) is 37.9 Å². The van der Waals surface area contributed by atoms with E-state index in [0.717, 1.165) is 55.6 Å². The third-order valence-corrected chi connectivity index (χ3v) is 6.22. The summed E-state index contributed by atoms with van der Waals surface area (Å²) in [5.41, 5.74) is 11.8. The van der Waals surface area contributed by atoms with Crippen LogP contribution in [0.15, 0.2) is 42.9 Å². The van der Waals surface area contributed by atoms with Crippen LogP contribution in [0.2, 0.25) is 0 Å². The first-order valence-electron chi connectivity index (χ1n) is 10.6. The minimum atomic E-state index is 0.671. The summed E-state index contributed by atoms with van der Waals surface area (Å²) < 4.78 is 6.01. The molecule has 8 heteroatoms. The molecule has 0 aliphatic heterocycles. The average molecular weight is 463 g/mol. The van der Waals surface area contributed by atoms with Gasteiger partial charge in [0.25, 0.3) is 0 Å². The molecule has 3 aromatic heterocycles. The highest BCUT2D eigenvalue weighted by molar-refractivity contribution is 7.14. The van der Waals surface area contributed by atoms with Gasteiger partial charge in [-0.3, -0.25) is 4.98 Å². The van der Waals surface area contributed by atoms with E-state index in [0.29, 0.717) is 18.1 Å². The van der Waals surface area contributed by atoms with Crippen LogP contribution in [0.3, 0.4) is 0 Å². The second-order valence-electron chi connectivity index (χ2n) is 7.46. The number of anilines is 3. The molecule has 0 unspecified atom stereocenters. The second-order valence-corrected chi connectivity index (χ2v) is 8.56. The maximum atomic E-state index is 7.70. The lowest BCUT2D eigenvalue weighted by Gasteiger charge is -2.10. The van der Waals surface area contributed by atoms with Crippen molar-refractivity contribution in [1.29, 1.82) is 5.41 Å². The SMILES string of the molecule is C=c1sc(NCCCOC)c(N)/c1=C(/C=C(\C)c1cnc(NC)c(C=N)c1)c1cccnc1. The Kier molecular flexibility index (Phi) is 8.34. The average Bonchev–Trinajstić information content (AvgIpc) is 3.12. The number of nitrogens with one attached hydrogen (secondary N) is 3. The Morgan fingerprint density at radius 1 is 1.33 bits per heavy atom. The van der Waals surface area contributed by atoms with Crippen LogP contribution in [0, 0.1) is 5.41 Å². The first kappa shape index (κ1) is 24.2. The minimum absolute atomic E-state index is 0.671. The fourth-order valence-corrected chi connectivity index (χ4v) is 4.43. The number of allylic oxidation sites excluding steroid dienone is 2. The molecule has 0 aromatic carbocycles. The lowest BCUT2D eigenvalue weighted by Crippen LogP contribution is -2.23. The van der Waals surface area contributed by atoms with Crippen LogP contribution in [0.4, 0.5) is 16.5 Å². The monoisotopic (exact) mass is 462 g/mol. The summed E-state index contributed by atoms with van der Waals surface area (Å²) in [6, 6.07) is 5.87. The Morgan fingerprint density at radius 2 is 2.15 bits per heavy atom. The maximum absolute atomic E-state index is 7.70. The van der Waals surface area contributed by atoms with Gasteiger partial charge in [-0.15, -0.1) is 11.3 Å². The topological polar surface area (TPSA) is 109 Å². The lowest BCUT2D eigenvalue weighted by atomic mass is 9.99. The molecular weight excluding hydrogens is 432 g/mol. The van der Waals surface area contributed by atoms with Crippen molar-refractivity contribution in [2.45, 2.75) is 13.3 Å². The largest absolute Gasteiger partial charge is 0.396 e. The van der Waals surface area contributed by atoms with Crippen LogP contribution in [0.1, 0.15) is 30.0 Å². The molecule has 0 radical (unpaired) electrons. The van der Waals surface area contributed by atoms with Gasteiger partial charge in [0.2, 0.25) is 0 Å². The third kappa shape index (κ3) is 5.66. The number of hydrogen-bond acceptors (Lipinski definition) is 8. The summed E-state index contributed by atoms with van der Waals surface area (Å²) in [6.07, 6.45) is 9.65. The molecule has 33 heavy (non-hydrogen) atoms. The number of aromatic nitrogens is 2. The summed E-state index contributed by atoms with van der Waals surface area (Å²) in [6.45, 7) is 7.76. The van der Waals surface area contributed by atoms with E-state index in [1.807, 2.05) is 31.3 Å². The van der Waals surface area contributed by atoms with Crippen LogP contribution < -0.4 is 26.1 Å². The number of hydrogen-bond donors (Lipinski definition) is 4. The second kappa shape index (κ2) is 11.4. The normalized spacial score (nSPS) is 12.4. The van der Waals surface area contributed by atoms with E-state index in [2.05, 4.69) is 33.3 Å². The summed E-state index contributed by atoms with van der Waals surface area (Å²) in [5.74, 6) is 0.671. The molecule has 0 aliphatic rings. The Labute approximate surface area is 198 Å². The summed E-state index contributed by atoms with van der Waals surface area (Å²) >= 11 is 1.55. The number of methoxy groups -OCH3 is 1. The van der Waals surface area contributed by atoms with Crippen LogP contribution in [0.5, 0.6) is 0 Å². The van der Waals surface area contributed by atoms with E-state index >= 15 is 0 Å². The molecule has 7 nitrogen and oxygen atoms in total. The molecule has 0 amide bonds. The van der Waals surface area contributed by atoms with Gasteiger partial charge in [-0.25, -0.2) is 4.98 Å². The van der Waals surface area contributed by atoms with E-state index in [-0.39, 0.29) is 0 Å². The number of pyridine rings is 2. The van der Waals surface area contributed by atoms with Crippen molar-refractivity contribution in [3.05, 3.63) is 69.3 Å². The standard InChI is InChI=1S/C25H30N6OS/c1-16(20-12-19(13-26)24(28-3)31-15-20)11-21(18-7-5-8-29-14-18)22-17(2)33-25(23(22)27)30-9-6-10-32-4/h5,7-8,11-15,26,30H,2,6,9-10,27H2,1,3-4H3,(H,28,31)/b16-11+,22-21-,26-13?. The van der Waals surface area contributed by atoms with Gasteiger partial charge in [-0.1, -0.05) is 12.6 Å². The van der Waals surface area contributed by atoms with Gasteiger partial charge in [-0.2, -0.15) is 0 Å². The number of ether oxygens (including phenoxy) is 1. The van der Waals surface area contributed by atoms with Crippen molar-refractivity contribution in [3.63, 3.8) is 0 Å². The van der Waals surface area contributed by atoms with E-state index in [4.69, 9.17) is 15.9 Å². The van der Waals surface area contributed by atoms with Crippen LogP contribution in [-0.2, 0) is 4.74 Å². The smallest absolute Gasteiger partial charge is 0.134 e. The molecule has 0 fully saturated rings. The lowest BCUT2D eigenvalue weighted by molar-refractivity contribution is 0.198. The fraction of sp³-hybridized carbons (Fsp3) is 0.240. The first-order chi connectivity index (χ1) is 16.0. The number of nitrogens with zero attached hydrogens (tertiary/aromatic N) is 2. The summed E-state index contributed by atoms with van der Waals surface area (Å²) in [7, 11) is 3.49. The number of rotatable bonds is 10. The van der Waals surface area contributed by atoms with Gasteiger partial charge in [0.05, 0.1) is 5.69 Å². The van der Waals surface area contributed by atoms with Gasteiger partial charge in [0, 0.05) is 73.0 Å². The highest BCUT2D eigenvalue weighted by atomic mass is 32.1. The molecule has 0 atom stereocenters. The Hall–Kier alpha value is -3.49. The molecule has 0 bridgehead atoms. The predicted molar refractivity (Wildman–Crippen MR) is 141 cm³/mol. The minimum Gasteiger partial charge on any atom is -0.396 e. The highest BCUT2D eigenvalue weighted by Gasteiger charge is 2.12. The number of nitrogens with two attached hydrogens (primary N) is 1. The van der Waals surface area contributed by atoms with E-state index in [9.17, 15) is 0 Å². The van der Waals surface area contributed by atoms with Crippen LogP contribution >= 0.6 is 11.3 Å². The van der Waals surface area contributed by atoms with Crippen molar-refractivity contribution in [2.24, 2.45) is 0 Å². The van der Waals surface area contributed by atoms with Gasteiger partial charge < -0.3 is 26.5 Å². The quantitative estimate of drug-likeness (QED) is 0.272. The van der Waals surface area contributed by atoms with Gasteiger partial charge in [-0.05, 0) is 48.3 Å².